The van der Waals surface area contributed by atoms with Crippen LogP contribution in [0.2, 0.25) is 5.02 Å². The summed E-state index contributed by atoms with van der Waals surface area (Å²) in [6, 6.07) is 18.6. The minimum atomic E-state index is -1.34. The minimum absolute atomic E-state index is 0.168. The van der Waals surface area contributed by atoms with Gasteiger partial charge in [-0.05, 0) is 42.0 Å². The number of carbonyl (C=O) groups is 1. The van der Waals surface area contributed by atoms with Gasteiger partial charge in [0.1, 0.15) is 5.82 Å². The Kier molecular flexibility index (Phi) is 4.63. The molecule has 0 fully saturated rings. The molecule has 0 radical (unpaired) electrons. The summed E-state index contributed by atoms with van der Waals surface area (Å²) in [6.45, 7) is 0. The standard InChI is InChI=1S/C21H12ClFN2O3/c22-17-4-2-1-3-15(17)12-5-7-13(8-6-12)20-24-19(25-28-20)14-9-10-16(21(26)27)18(23)11-14/h1-11H,(H,26,27). The van der Waals surface area contributed by atoms with E-state index in [4.69, 9.17) is 21.2 Å². The van der Waals surface area contributed by atoms with E-state index in [-0.39, 0.29) is 11.7 Å². The van der Waals surface area contributed by atoms with Crippen molar-refractivity contribution in [1.29, 1.82) is 0 Å². The first kappa shape index (κ1) is 17.9. The Bertz CT molecular complexity index is 1170. The quantitative estimate of drug-likeness (QED) is 0.490. The number of halogens is 2. The highest BCUT2D eigenvalue weighted by Crippen LogP contribution is 2.30. The summed E-state index contributed by atoms with van der Waals surface area (Å²) in [4.78, 5) is 15.2. The highest BCUT2D eigenvalue weighted by molar-refractivity contribution is 6.33. The van der Waals surface area contributed by atoms with E-state index >= 15 is 0 Å². The number of benzene rings is 3. The van der Waals surface area contributed by atoms with Crippen molar-refractivity contribution >= 4 is 17.6 Å². The fraction of sp³-hybridized carbons (Fsp3) is 0. The zero-order chi connectivity index (χ0) is 19.7. The summed E-state index contributed by atoms with van der Waals surface area (Å²) in [6.07, 6.45) is 0. The van der Waals surface area contributed by atoms with Crippen LogP contribution in [0.1, 0.15) is 10.4 Å². The first-order valence-corrected chi connectivity index (χ1v) is 8.63. The van der Waals surface area contributed by atoms with Crippen LogP contribution in [0.15, 0.2) is 71.3 Å². The van der Waals surface area contributed by atoms with Gasteiger partial charge in [0.25, 0.3) is 5.89 Å². The van der Waals surface area contributed by atoms with Gasteiger partial charge in [-0.15, -0.1) is 0 Å². The van der Waals surface area contributed by atoms with Crippen LogP contribution in [0, 0.1) is 5.82 Å². The SMILES string of the molecule is O=C(O)c1ccc(-c2noc(-c3ccc(-c4ccccc4Cl)cc3)n2)cc1F. The second kappa shape index (κ2) is 7.25. The predicted octanol–water partition coefficient (Wildman–Crippen LogP) is 5.56. The highest BCUT2D eigenvalue weighted by atomic mass is 35.5. The lowest BCUT2D eigenvalue weighted by molar-refractivity contribution is 0.0692. The zero-order valence-electron chi connectivity index (χ0n) is 14.3. The number of aromatic nitrogens is 2. The molecular weight excluding hydrogens is 383 g/mol. The van der Waals surface area contributed by atoms with E-state index in [0.29, 0.717) is 16.1 Å². The van der Waals surface area contributed by atoms with Crippen molar-refractivity contribution in [3.05, 3.63) is 83.1 Å². The van der Waals surface area contributed by atoms with Crippen LogP contribution in [-0.2, 0) is 0 Å². The lowest BCUT2D eigenvalue weighted by Gasteiger charge is -2.04. The van der Waals surface area contributed by atoms with Crippen LogP contribution in [0.3, 0.4) is 0 Å². The van der Waals surface area contributed by atoms with Crippen molar-refractivity contribution in [2.45, 2.75) is 0 Å². The molecule has 0 aliphatic heterocycles. The Hall–Kier alpha value is -3.51. The molecule has 0 spiro atoms. The smallest absolute Gasteiger partial charge is 0.338 e. The molecule has 3 aromatic carbocycles. The summed E-state index contributed by atoms with van der Waals surface area (Å²) in [5.41, 5.74) is 2.46. The maximum atomic E-state index is 13.9. The maximum absolute atomic E-state index is 13.9. The van der Waals surface area contributed by atoms with Gasteiger partial charge >= 0.3 is 5.97 Å². The largest absolute Gasteiger partial charge is 0.478 e. The van der Waals surface area contributed by atoms with E-state index in [1.807, 2.05) is 48.5 Å². The van der Waals surface area contributed by atoms with Crippen molar-refractivity contribution in [3.63, 3.8) is 0 Å². The van der Waals surface area contributed by atoms with Crippen LogP contribution in [-0.4, -0.2) is 21.2 Å². The van der Waals surface area contributed by atoms with Crippen LogP contribution in [0.4, 0.5) is 4.39 Å². The summed E-state index contributed by atoms with van der Waals surface area (Å²) in [5, 5.41) is 13.4. The number of carboxylic acid groups (broad SMARTS) is 1. The topological polar surface area (TPSA) is 76.2 Å². The molecule has 7 heteroatoms. The van der Waals surface area contributed by atoms with Crippen LogP contribution in [0.25, 0.3) is 34.0 Å². The first-order valence-electron chi connectivity index (χ1n) is 8.25. The molecule has 0 aliphatic rings. The molecule has 0 bridgehead atoms. The van der Waals surface area contributed by atoms with Crippen molar-refractivity contribution < 1.29 is 18.8 Å². The Morgan fingerprint density at radius 1 is 0.964 bits per heavy atom. The van der Waals surface area contributed by atoms with Crippen LogP contribution in [0.5, 0.6) is 0 Å². The molecule has 1 N–H and O–H groups in total. The van der Waals surface area contributed by atoms with Crippen molar-refractivity contribution in [2.75, 3.05) is 0 Å². The van der Waals surface area contributed by atoms with Crippen molar-refractivity contribution in [2.24, 2.45) is 0 Å². The second-order valence-corrected chi connectivity index (χ2v) is 6.39. The van der Waals surface area contributed by atoms with E-state index in [1.165, 1.54) is 12.1 Å². The van der Waals surface area contributed by atoms with E-state index in [1.54, 1.807) is 0 Å². The van der Waals surface area contributed by atoms with E-state index < -0.39 is 17.3 Å². The average Bonchev–Trinajstić information content (AvgIpc) is 3.18. The first-order chi connectivity index (χ1) is 13.5. The Morgan fingerprint density at radius 3 is 2.32 bits per heavy atom. The molecule has 0 saturated heterocycles. The molecule has 28 heavy (non-hydrogen) atoms. The summed E-state index contributed by atoms with van der Waals surface area (Å²) < 4.78 is 19.1. The van der Waals surface area contributed by atoms with Crippen molar-refractivity contribution in [1.82, 2.24) is 10.1 Å². The van der Waals surface area contributed by atoms with Gasteiger partial charge in [-0.1, -0.05) is 47.1 Å². The average molecular weight is 395 g/mol. The summed E-state index contributed by atoms with van der Waals surface area (Å²) in [7, 11) is 0. The molecule has 138 valence electrons. The molecule has 5 nitrogen and oxygen atoms in total. The lowest BCUT2D eigenvalue weighted by Crippen LogP contribution is -2.00. The van der Waals surface area contributed by atoms with E-state index in [2.05, 4.69) is 10.1 Å². The Balaban J connectivity index is 1.62. The second-order valence-electron chi connectivity index (χ2n) is 5.98. The lowest BCUT2D eigenvalue weighted by atomic mass is 10.0. The molecule has 4 rings (SSSR count). The molecule has 0 amide bonds. The number of hydrogen-bond donors (Lipinski definition) is 1. The normalized spacial score (nSPS) is 10.8. The van der Waals surface area contributed by atoms with Gasteiger partial charge in [0.05, 0.1) is 5.56 Å². The third-order valence-electron chi connectivity index (χ3n) is 4.20. The fourth-order valence-electron chi connectivity index (χ4n) is 2.77. The molecule has 0 unspecified atom stereocenters. The van der Waals surface area contributed by atoms with Crippen molar-refractivity contribution in [3.8, 4) is 34.0 Å². The summed E-state index contributed by atoms with van der Waals surface area (Å²) in [5.74, 6) is -1.76. The van der Waals surface area contributed by atoms with Gasteiger partial charge in [0.15, 0.2) is 0 Å². The Morgan fingerprint density at radius 2 is 1.64 bits per heavy atom. The molecule has 0 saturated carbocycles. The Labute approximate surface area is 164 Å². The third kappa shape index (κ3) is 3.37. The fourth-order valence-corrected chi connectivity index (χ4v) is 3.02. The molecule has 4 aromatic rings. The predicted molar refractivity (Wildman–Crippen MR) is 103 cm³/mol. The molecule has 1 heterocycles. The van der Waals surface area contributed by atoms with Gasteiger partial charge in [-0.2, -0.15) is 4.98 Å². The number of rotatable bonds is 4. The number of carboxylic acids is 1. The molecule has 0 atom stereocenters. The minimum Gasteiger partial charge on any atom is -0.478 e. The van der Waals surface area contributed by atoms with Crippen LogP contribution < -0.4 is 0 Å². The van der Waals surface area contributed by atoms with Gasteiger partial charge in [-0.25, -0.2) is 9.18 Å². The van der Waals surface area contributed by atoms with Crippen LogP contribution >= 0.6 is 11.6 Å². The summed E-state index contributed by atoms with van der Waals surface area (Å²) >= 11 is 6.22. The van der Waals surface area contributed by atoms with Gasteiger partial charge in [0, 0.05) is 21.7 Å². The third-order valence-corrected chi connectivity index (χ3v) is 4.53. The molecule has 1 aromatic heterocycles. The number of nitrogens with zero attached hydrogens (tertiary/aromatic N) is 2. The number of hydrogen-bond acceptors (Lipinski definition) is 4. The van der Waals surface area contributed by atoms with Gasteiger partial charge < -0.3 is 9.63 Å². The van der Waals surface area contributed by atoms with E-state index in [0.717, 1.165) is 17.2 Å². The molecular formula is C21H12ClFN2O3. The van der Waals surface area contributed by atoms with Gasteiger partial charge in [0.2, 0.25) is 5.82 Å². The van der Waals surface area contributed by atoms with E-state index in [9.17, 15) is 9.18 Å². The molecule has 0 aliphatic carbocycles. The maximum Gasteiger partial charge on any atom is 0.338 e. The number of aromatic carboxylic acids is 1. The zero-order valence-corrected chi connectivity index (χ0v) is 15.0. The highest BCUT2D eigenvalue weighted by Gasteiger charge is 2.15. The monoisotopic (exact) mass is 394 g/mol. The van der Waals surface area contributed by atoms with Gasteiger partial charge in [-0.3, -0.25) is 0 Å².